The zero-order valence-corrected chi connectivity index (χ0v) is 8.54. The summed E-state index contributed by atoms with van der Waals surface area (Å²) in [5, 5.41) is 2.27. The average Bonchev–Trinajstić information content (AvgIpc) is 2.03. The molecule has 7 heteroatoms. The summed E-state index contributed by atoms with van der Waals surface area (Å²) >= 11 is 0. The first kappa shape index (κ1) is 12.6. The standard InChI is InChI=1S/C6H14NO5P/c1-3-6(8)7-5-12-13(9,10)11-4-2/h3-5H2,1-2H3,(H,7,8)(H,9,10). The van der Waals surface area contributed by atoms with Crippen molar-refractivity contribution in [3.05, 3.63) is 0 Å². The van der Waals surface area contributed by atoms with Gasteiger partial charge in [-0.05, 0) is 6.92 Å². The van der Waals surface area contributed by atoms with Crippen LogP contribution in [0.2, 0.25) is 0 Å². The Kier molecular flexibility index (Phi) is 5.90. The van der Waals surface area contributed by atoms with E-state index in [9.17, 15) is 9.36 Å². The van der Waals surface area contributed by atoms with Crippen molar-refractivity contribution in [1.82, 2.24) is 5.32 Å². The molecule has 0 aromatic rings. The highest BCUT2D eigenvalue weighted by atomic mass is 31.2. The van der Waals surface area contributed by atoms with Crippen LogP contribution in [0.25, 0.3) is 0 Å². The summed E-state index contributed by atoms with van der Waals surface area (Å²) in [6.45, 7) is 2.99. The van der Waals surface area contributed by atoms with Gasteiger partial charge in [-0.1, -0.05) is 6.92 Å². The molecule has 0 fully saturated rings. The van der Waals surface area contributed by atoms with Crippen LogP contribution in [0.1, 0.15) is 20.3 Å². The lowest BCUT2D eigenvalue weighted by Gasteiger charge is -2.10. The van der Waals surface area contributed by atoms with Crippen molar-refractivity contribution in [2.75, 3.05) is 13.3 Å². The zero-order valence-electron chi connectivity index (χ0n) is 7.65. The molecular weight excluding hydrogens is 197 g/mol. The Hall–Kier alpha value is -0.420. The van der Waals surface area contributed by atoms with E-state index in [-0.39, 0.29) is 19.2 Å². The fraction of sp³-hybridized carbons (Fsp3) is 0.833. The van der Waals surface area contributed by atoms with Gasteiger partial charge in [0.2, 0.25) is 5.91 Å². The van der Waals surface area contributed by atoms with E-state index in [1.54, 1.807) is 13.8 Å². The van der Waals surface area contributed by atoms with Crippen LogP contribution >= 0.6 is 7.82 Å². The van der Waals surface area contributed by atoms with Gasteiger partial charge in [-0.2, -0.15) is 0 Å². The third-order valence-electron chi connectivity index (χ3n) is 1.11. The van der Waals surface area contributed by atoms with E-state index >= 15 is 0 Å². The first-order chi connectivity index (χ1) is 6.02. The predicted octanol–water partition coefficient (Wildman–Crippen LogP) is 0.624. The molecule has 2 N–H and O–H groups in total. The van der Waals surface area contributed by atoms with Crippen molar-refractivity contribution in [2.45, 2.75) is 20.3 Å². The minimum Gasteiger partial charge on any atom is -0.333 e. The van der Waals surface area contributed by atoms with Crippen LogP contribution < -0.4 is 5.32 Å². The summed E-state index contributed by atoms with van der Waals surface area (Å²) < 4.78 is 19.6. The first-order valence-electron chi connectivity index (χ1n) is 3.90. The number of rotatable bonds is 6. The summed E-state index contributed by atoms with van der Waals surface area (Å²) in [5.74, 6) is -0.253. The lowest BCUT2D eigenvalue weighted by molar-refractivity contribution is -0.121. The SMILES string of the molecule is CCOP(=O)(O)OCNC(=O)CC. The third kappa shape index (κ3) is 6.72. The number of nitrogens with one attached hydrogen (secondary N) is 1. The van der Waals surface area contributed by atoms with E-state index in [0.717, 1.165) is 0 Å². The number of amides is 1. The molecule has 0 spiro atoms. The van der Waals surface area contributed by atoms with Gasteiger partial charge in [0.05, 0.1) is 6.61 Å². The van der Waals surface area contributed by atoms with Gasteiger partial charge in [0, 0.05) is 6.42 Å². The molecule has 1 unspecified atom stereocenters. The third-order valence-corrected chi connectivity index (χ3v) is 2.15. The van der Waals surface area contributed by atoms with Gasteiger partial charge in [0.15, 0.2) is 0 Å². The van der Waals surface area contributed by atoms with E-state index in [4.69, 9.17) is 4.89 Å². The van der Waals surface area contributed by atoms with Crippen molar-refractivity contribution >= 4 is 13.7 Å². The zero-order chi connectivity index (χ0) is 10.3. The van der Waals surface area contributed by atoms with Gasteiger partial charge in [-0.15, -0.1) is 0 Å². The molecule has 6 nitrogen and oxygen atoms in total. The Morgan fingerprint density at radius 2 is 2.08 bits per heavy atom. The monoisotopic (exact) mass is 211 g/mol. The van der Waals surface area contributed by atoms with Gasteiger partial charge < -0.3 is 10.2 Å². The van der Waals surface area contributed by atoms with E-state index in [0.29, 0.717) is 6.42 Å². The maximum absolute atomic E-state index is 10.8. The lowest BCUT2D eigenvalue weighted by atomic mass is 10.5. The Balaban J connectivity index is 3.63. The molecule has 0 aromatic carbocycles. The fourth-order valence-corrected chi connectivity index (χ4v) is 1.15. The van der Waals surface area contributed by atoms with Crippen LogP contribution in [0, 0.1) is 0 Å². The number of carbonyl (C=O) groups excluding carboxylic acids is 1. The molecule has 1 amide bonds. The Bertz CT molecular complexity index is 207. The van der Waals surface area contributed by atoms with E-state index in [1.807, 2.05) is 0 Å². The second kappa shape index (κ2) is 6.10. The molecular formula is C6H14NO5P. The minimum absolute atomic E-state index is 0.0789. The van der Waals surface area contributed by atoms with Crippen LogP contribution in [0.3, 0.4) is 0 Å². The molecule has 0 aliphatic rings. The minimum atomic E-state index is -3.97. The van der Waals surface area contributed by atoms with Gasteiger partial charge in [-0.25, -0.2) is 4.57 Å². The first-order valence-corrected chi connectivity index (χ1v) is 5.40. The largest absolute Gasteiger partial charge is 0.473 e. The number of hydrogen-bond acceptors (Lipinski definition) is 4. The molecule has 0 aromatic heterocycles. The summed E-state index contributed by atoms with van der Waals surface area (Å²) in [6, 6.07) is 0. The normalized spacial score (nSPS) is 15.0. The molecule has 1 atom stereocenters. The van der Waals surface area contributed by atoms with Crippen molar-refractivity contribution in [3.8, 4) is 0 Å². The number of carbonyl (C=O) groups is 1. The smallest absolute Gasteiger partial charge is 0.333 e. The lowest BCUT2D eigenvalue weighted by Crippen LogP contribution is -2.24. The molecule has 0 rings (SSSR count). The van der Waals surface area contributed by atoms with E-state index in [1.165, 1.54) is 0 Å². The second-order valence-corrected chi connectivity index (χ2v) is 3.57. The maximum Gasteiger partial charge on any atom is 0.473 e. The predicted molar refractivity (Wildman–Crippen MR) is 45.8 cm³/mol. The van der Waals surface area contributed by atoms with Gasteiger partial charge >= 0.3 is 7.82 Å². The highest BCUT2D eigenvalue weighted by Gasteiger charge is 2.19. The average molecular weight is 211 g/mol. The Labute approximate surface area is 76.8 Å². The summed E-state index contributed by atoms with van der Waals surface area (Å²) in [6.07, 6.45) is 0.299. The molecule has 0 radical (unpaired) electrons. The highest BCUT2D eigenvalue weighted by molar-refractivity contribution is 7.47. The molecule has 0 aliphatic carbocycles. The van der Waals surface area contributed by atoms with Gasteiger partial charge in [0.1, 0.15) is 6.73 Å². The molecule has 0 saturated heterocycles. The molecule has 78 valence electrons. The molecule has 0 saturated carbocycles. The van der Waals surface area contributed by atoms with Crippen LogP contribution in [-0.4, -0.2) is 24.1 Å². The van der Waals surface area contributed by atoms with Crippen LogP contribution in [0.5, 0.6) is 0 Å². The summed E-state index contributed by atoms with van der Waals surface area (Å²) in [4.78, 5) is 19.5. The number of phosphoric acid groups is 1. The second-order valence-electron chi connectivity index (χ2n) is 2.11. The molecule has 0 heterocycles. The summed E-state index contributed by atoms with van der Waals surface area (Å²) in [7, 11) is -3.97. The van der Waals surface area contributed by atoms with Crippen LogP contribution in [-0.2, 0) is 18.4 Å². The fourth-order valence-electron chi connectivity index (χ4n) is 0.520. The van der Waals surface area contributed by atoms with Crippen molar-refractivity contribution in [2.24, 2.45) is 0 Å². The Morgan fingerprint density at radius 1 is 1.46 bits per heavy atom. The van der Waals surface area contributed by atoms with Gasteiger partial charge in [-0.3, -0.25) is 13.8 Å². The quantitative estimate of drug-likeness (QED) is 0.497. The number of hydrogen-bond donors (Lipinski definition) is 2. The highest BCUT2D eigenvalue weighted by Crippen LogP contribution is 2.42. The van der Waals surface area contributed by atoms with Gasteiger partial charge in [0.25, 0.3) is 0 Å². The van der Waals surface area contributed by atoms with E-state index in [2.05, 4.69) is 14.4 Å². The molecule has 13 heavy (non-hydrogen) atoms. The van der Waals surface area contributed by atoms with E-state index < -0.39 is 7.82 Å². The molecule has 0 aliphatic heterocycles. The van der Waals surface area contributed by atoms with Crippen molar-refractivity contribution in [1.29, 1.82) is 0 Å². The van der Waals surface area contributed by atoms with Crippen LogP contribution in [0.4, 0.5) is 0 Å². The van der Waals surface area contributed by atoms with Crippen molar-refractivity contribution < 1.29 is 23.3 Å². The molecule has 0 bridgehead atoms. The topological polar surface area (TPSA) is 84.9 Å². The summed E-state index contributed by atoms with van der Waals surface area (Å²) in [5.41, 5.74) is 0. The number of phosphoric ester groups is 1. The van der Waals surface area contributed by atoms with Crippen molar-refractivity contribution in [3.63, 3.8) is 0 Å². The maximum atomic E-state index is 10.8. The van der Waals surface area contributed by atoms with Crippen LogP contribution in [0.15, 0.2) is 0 Å². The Morgan fingerprint density at radius 3 is 2.54 bits per heavy atom.